The van der Waals surface area contributed by atoms with Crippen LogP contribution in [0.2, 0.25) is 0 Å². The topological polar surface area (TPSA) is 77.6 Å². The van der Waals surface area contributed by atoms with Crippen molar-refractivity contribution >= 4 is 28.3 Å². The highest BCUT2D eigenvalue weighted by Crippen LogP contribution is 2.25. The van der Waals surface area contributed by atoms with Crippen LogP contribution in [-0.4, -0.2) is 26.5 Å². The first-order valence-electron chi connectivity index (χ1n) is 9.01. The summed E-state index contributed by atoms with van der Waals surface area (Å²) in [6, 6.07) is 12.5. The highest BCUT2D eigenvalue weighted by Gasteiger charge is 2.18. The molecule has 0 unspecified atom stereocenters. The van der Waals surface area contributed by atoms with Crippen LogP contribution in [0.15, 0.2) is 53.5 Å². The Balaban J connectivity index is 1.80. The van der Waals surface area contributed by atoms with Crippen molar-refractivity contribution in [3.05, 3.63) is 70.3 Å². The number of para-hydroxylation sites is 2. The third-order valence-corrected chi connectivity index (χ3v) is 4.61. The molecular formula is C21H20N4O3. The quantitative estimate of drug-likeness (QED) is 0.594. The van der Waals surface area contributed by atoms with Gasteiger partial charge in [0.25, 0.3) is 11.5 Å². The molecule has 4 rings (SSSR count). The van der Waals surface area contributed by atoms with Crippen molar-refractivity contribution < 1.29 is 9.53 Å². The van der Waals surface area contributed by atoms with Gasteiger partial charge in [0, 0.05) is 13.2 Å². The predicted molar refractivity (Wildman–Crippen MR) is 108 cm³/mol. The number of carbonyl (C=O) groups is 1. The second kappa shape index (κ2) is 6.84. The second-order valence-corrected chi connectivity index (χ2v) is 6.56. The Kier molecular flexibility index (Phi) is 4.35. The lowest BCUT2D eigenvalue weighted by Gasteiger charge is -2.11. The molecule has 0 aliphatic rings. The Morgan fingerprint density at radius 1 is 1.21 bits per heavy atom. The average Bonchev–Trinajstić information content (AvgIpc) is 3.01. The molecule has 0 saturated carbocycles. The zero-order valence-corrected chi connectivity index (χ0v) is 15.9. The van der Waals surface area contributed by atoms with Crippen LogP contribution in [-0.2, 0) is 7.05 Å². The number of nitrogens with one attached hydrogen (secondary N) is 1. The number of ether oxygens (including phenoxy) is 1. The Morgan fingerprint density at radius 3 is 2.79 bits per heavy atom. The number of rotatable bonds is 4. The molecule has 1 N–H and O–H groups in total. The second-order valence-electron chi connectivity index (χ2n) is 6.56. The summed E-state index contributed by atoms with van der Waals surface area (Å²) in [5.41, 5.74) is 2.68. The Bertz CT molecular complexity index is 1270. The number of hydrogen-bond acceptors (Lipinski definition) is 4. The smallest absolute Gasteiger partial charge is 0.272 e. The van der Waals surface area contributed by atoms with Crippen LogP contribution in [0.25, 0.3) is 16.7 Å². The van der Waals surface area contributed by atoms with Crippen molar-refractivity contribution in [3.63, 3.8) is 0 Å². The highest BCUT2D eigenvalue weighted by atomic mass is 16.5. The van der Waals surface area contributed by atoms with E-state index in [1.807, 2.05) is 32.0 Å². The van der Waals surface area contributed by atoms with Gasteiger partial charge in [0.2, 0.25) is 0 Å². The molecule has 142 valence electrons. The molecule has 0 spiro atoms. The van der Waals surface area contributed by atoms with Crippen molar-refractivity contribution in [2.45, 2.75) is 13.8 Å². The van der Waals surface area contributed by atoms with E-state index in [1.165, 1.54) is 4.40 Å². The van der Waals surface area contributed by atoms with Crippen LogP contribution in [0.3, 0.4) is 0 Å². The van der Waals surface area contributed by atoms with Crippen LogP contribution in [0, 0.1) is 6.92 Å². The summed E-state index contributed by atoms with van der Waals surface area (Å²) in [5.74, 6) is 0.258. The van der Waals surface area contributed by atoms with Crippen LogP contribution in [0.1, 0.15) is 23.0 Å². The SMILES string of the molecule is CCOc1ccccc1NC(=O)c1cc2c(=O)n3cc(C)ccc3nc2n1C. The van der Waals surface area contributed by atoms with Crippen LogP contribution < -0.4 is 15.6 Å². The molecule has 0 radical (unpaired) electrons. The summed E-state index contributed by atoms with van der Waals surface area (Å²) < 4.78 is 8.70. The normalized spacial score (nSPS) is 11.1. The van der Waals surface area contributed by atoms with Crippen molar-refractivity contribution in [2.75, 3.05) is 11.9 Å². The molecule has 0 bridgehead atoms. The first kappa shape index (κ1) is 17.8. The highest BCUT2D eigenvalue weighted by molar-refractivity contribution is 6.06. The molecule has 7 heteroatoms. The standard InChI is InChI=1S/C21H20N4O3/c1-4-28-17-8-6-5-7-15(17)22-20(26)16-11-14-19(24(16)3)23-18-10-9-13(2)12-25(18)21(14)27/h5-12H,4H2,1-3H3,(H,22,26). The van der Waals surface area contributed by atoms with Gasteiger partial charge in [-0.15, -0.1) is 0 Å². The van der Waals surface area contributed by atoms with Crippen molar-refractivity contribution in [1.82, 2.24) is 14.0 Å². The number of fused-ring (bicyclic) bond motifs is 2. The van der Waals surface area contributed by atoms with Crippen molar-refractivity contribution in [2.24, 2.45) is 7.05 Å². The van der Waals surface area contributed by atoms with Gasteiger partial charge in [-0.3, -0.25) is 14.0 Å². The van der Waals surface area contributed by atoms with Gasteiger partial charge in [-0.05, 0) is 43.7 Å². The Hall–Kier alpha value is -3.61. The molecule has 1 aromatic carbocycles. The van der Waals surface area contributed by atoms with Crippen LogP contribution in [0.4, 0.5) is 5.69 Å². The van der Waals surface area contributed by atoms with E-state index in [4.69, 9.17) is 4.74 Å². The minimum absolute atomic E-state index is 0.201. The molecule has 28 heavy (non-hydrogen) atoms. The van der Waals surface area contributed by atoms with Crippen molar-refractivity contribution in [3.8, 4) is 5.75 Å². The van der Waals surface area contributed by atoms with Gasteiger partial charge < -0.3 is 14.6 Å². The largest absolute Gasteiger partial charge is 0.492 e. The number of aryl methyl sites for hydroxylation is 2. The number of benzene rings is 1. The zero-order chi connectivity index (χ0) is 19.8. The third-order valence-electron chi connectivity index (χ3n) is 4.61. The molecule has 0 saturated heterocycles. The van der Waals surface area contributed by atoms with E-state index in [1.54, 1.807) is 42.1 Å². The molecule has 3 aromatic heterocycles. The molecule has 7 nitrogen and oxygen atoms in total. The molecule has 3 heterocycles. The van der Waals surface area contributed by atoms with E-state index in [9.17, 15) is 9.59 Å². The van der Waals surface area contributed by atoms with Gasteiger partial charge in [0.1, 0.15) is 22.7 Å². The summed E-state index contributed by atoms with van der Waals surface area (Å²) in [6.45, 7) is 4.29. The van der Waals surface area contributed by atoms with E-state index >= 15 is 0 Å². The van der Waals surface area contributed by atoms with Gasteiger partial charge in [-0.2, -0.15) is 0 Å². The molecule has 0 aliphatic carbocycles. The molecule has 4 aromatic rings. The minimum atomic E-state index is -0.336. The van der Waals surface area contributed by atoms with Crippen molar-refractivity contribution in [1.29, 1.82) is 0 Å². The lowest BCUT2D eigenvalue weighted by molar-refractivity contribution is 0.101. The molecular weight excluding hydrogens is 356 g/mol. The van der Waals surface area contributed by atoms with Gasteiger partial charge in [0.05, 0.1) is 17.7 Å². The summed E-state index contributed by atoms with van der Waals surface area (Å²) in [7, 11) is 1.73. The van der Waals surface area contributed by atoms with Gasteiger partial charge in [-0.1, -0.05) is 18.2 Å². The maximum Gasteiger partial charge on any atom is 0.272 e. The fourth-order valence-corrected chi connectivity index (χ4v) is 3.23. The maximum absolute atomic E-state index is 12.9. The van der Waals surface area contributed by atoms with E-state index < -0.39 is 0 Å². The number of amides is 1. The van der Waals surface area contributed by atoms with Gasteiger partial charge in [-0.25, -0.2) is 4.98 Å². The number of aromatic nitrogens is 3. The number of nitrogens with zero attached hydrogens (tertiary/aromatic N) is 3. The fourth-order valence-electron chi connectivity index (χ4n) is 3.23. The lowest BCUT2D eigenvalue weighted by atomic mass is 10.2. The summed E-state index contributed by atoms with van der Waals surface area (Å²) >= 11 is 0. The molecule has 1 amide bonds. The molecule has 0 aliphatic heterocycles. The number of anilines is 1. The van der Waals surface area contributed by atoms with Gasteiger partial charge in [0.15, 0.2) is 0 Å². The van der Waals surface area contributed by atoms with Gasteiger partial charge >= 0.3 is 0 Å². The first-order chi connectivity index (χ1) is 13.5. The summed E-state index contributed by atoms with van der Waals surface area (Å²) in [4.78, 5) is 30.3. The fraction of sp³-hybridized carbons (Fsp3) is 0.190. The van der Waals surface area contributed by atoms with Crippen LogP contribution in [0.5, 0.6) is 5.75 Å². The van der Waals surface area contributed by atoms with E-state index in [2.05, 4.69) is 10.3 Å². The van der Waals surface area contributed by atoms with E-state index in [0.717, 1.165) is 5.56 Å². The molecule has 0 fully saturated rings. The Labute approximate surface area is 161 Å². The maximum atomic E-state index is 12.9. The summed E-state index contributed by atoms with van der Waals surface area (Å²) in [5, 5.41) is 3.26. The van der Waals surface area contributed by atoms with E-state index in [0.29, 0.717) is 40.4 Å². The number of carbonyl (C=O) groups excluding carboxylic acids is 1. The first-order valence-corrected chi connectivity index (χ1v) is 9.01. The number of hydrogen-bond donors (Lipinski definition) is 1. The predicted octanol–water partition coefficient (Wildman–Crippen LogP) is 3.15. The van der Waals surface area contributed by atoms with E-state index in [-0.39, 0.29) is 11.5 Å². The summed E-state index contributed by atoms with van der Waals surface area (Å²) in [6.07, 6.45) is 1.75. The average molecular weight is 376 g/mol. The minimum Gasteiger partial charge on any atom is -0.492 e. The Morgan fingerprint density at radius 2 is 2.00 bits per heavy atom. The van der Waals surface area contributed by atoms with Crippen LogP contribution >= 0.6 is 0 Å². The zero-order valence-electron chi connectivity index (χ0n) is 15.9. The third kappa shape index (κ3) is 2.90. The number of pyridine rings is 1. The molecule has 0 atom stereocenters. The monoisotopic (exact) mass is 376 g/mol. The lowest BCUT2D eigenvalue weighted by Crippen LogP contribution is -2.16.